The fraction of sp³-hybridized carbons (Fsp3) is 0.375. The van der Waals surface area contributed by atoms with Gasteiger partial charge in [0, 0.05) is 0 Å². The molecule has 0 spiro atoms. The molecule has 0 fully saturated rings. The molecular weight excluding hydrogens is 187 g/mol. The smallest absolute Gasteiger partial charge is 0.109 e. The summed E-state index contributed by atoms with van der Waals surface area (Å²) in [7, 11) is 0. The summed E-state index contributed by atoms with van der Waals surface area (Å²) in [4.78, 5) is 0. The molecule has 0 heterocycles. The van der Waals surface area contributed by atoms with Gasteiger partial charge < -0.3 is 2.85 Å². The van der Waals surface area contributed by atoms with Gasteiger partial charge in [-0.2, -0.15) is 6.08 Å². The molecule has 0 saturated heterocycles. The van der Waals surface area contributed by atoms with Gasteiger partial charge in [0.1, 0.15) is 0 Å². The third-order valence-corrected chi connectivity index (χ3v) is 0.586. The Kier molecular flexibility index (Phi) is 6.52. The largest absolute Gasteiger partial charge is 1.00 e. The van der Waals surface area contributed by atoms with Crippen LogP contribution in [-0.2, 0) is 24.2 Å². The average molecular weight is 200 g/mol. The quantitative estimate of drug-likeness (QED) is 0.526. The second kappa shape index (κ2) is 6.35. The molecule has 1 heteroatoms. The van der Waals surface area contributed by atoms with Crippen LogP contribution in [0.5, 0.6) is 0 Å². The number of allylic oxidation sites excluding steroid dienone is 4. The van der Waals surface area contributed by atoms with Gasteiger partial charge in [-0.3, -0.25) is 6.08 Å². The molecule has 0 N–H and O–H groups in total. The van der Waals surface area contributed by atoms with Crippen LogP contribution in [0.3, 0.4) is 0 Å². The van der Waals surface area contributed by atoms with Crippen LogP contribution in [0.15, 0.2) is 18.2 Å². The van der Waals surface area contributed by atoms with Crippen LogP contribution in [-0.4, -0.2) is 3.21 Å². The van der Waals surface area contributed by atoms with Gasteiger partial charge in [-0.15, -0.1) is 6.42 Å². The van der Waals surface area contributed by atoms with E-state index in [-0.39, 0.29) is 2.85 Å². The van der Waals surface area contributed by atoms with E-state index >= 15 is 0 Å². The van der Waals surface area contributed by atoms with Crippen LogP contribution in [0.25, 0.3) is 0 Å². The topological polar surface area (TPSA) is 0 Å². The van der Waals surface area contributed by atoms with E-state index in [2.05, 4.69) is 26.0 Å². The van der Waals surface area contributed by atoms with Gasteiger partial charge in [-0.05, 0) is 0 Å². The summed E-state index contributed by atoms with van der Waals surface area (Å²) < 4.78 is 1.51. The molecule has 0 radical (unpaired) electrons. The van der Waals surface area contributed by atoms with Crippen LogP contribution in [0, 0.1) is 6.08 Å². The van der Waals surface area contributed by atoms with Gasteiger partial charge in [0.05, 0.1) is 0 Å². The van der Waals surface area contributed by atoms with Gasteiger partial charge in [-0.25, -0.2) is 12.2 Å². The first-order valence-corrected chi connectivity index (χ1v) is 4.20. The zero-order valence-corrected chi connectivity index (χ0v) is 8.40. The Morgan fingerprint density at radius 1 is 1.67 bits per heavy atom. The number of rotatable bonds is 0. The van der Waals surface area contributed by atoms with Gasteiger partial charge in [-0.1, -0.05) is 0 Å². The molecule has 1 aliphatic carbocycles. The summed E-state index contributed by atoms with van der Waals surface area (Å²) >= 11 is 1.55. The molecule has 0 saturated carbocycles. The van der Waals surface area contributed by atoms with Crippen molar-refractivity contribution < 1.29 is 27.1 Å². The predicted octanol–water partition coefficient (Wildman–Crippen LogP) is 2.28. The molecule has 9 heavy (non-hydrogen) atoms. The minimum Gasteiger partial charge on any atom is -1.00 e. The van der Waals surface area contributed by atoms with Crippen molar-refractivity contribution in [3.8, 4) is 0 Å². The molecule has 0 bridgehead atoms. The van der Waals surface area contributed by atoms with Crippen molar-refractivity contribution in [1.29, 1.82) is 0 Å². The molecule has 0 nitrogen and oxygen atoms in total. The average Bonchev–Trinajstić information content (AvgIpc) is 2.11. The van der Waals surface area contributed by atoms with Crippen molar-refractivity contribution in [3.63, 3.8) is 0 Å². The standard InChI is InChI=1S/C5H5.C3H6.Zr.2H/c1-2-4-5-3-1;1-3-2;;;/h1-3H,4H2;1-2H3;;;/q-1;;;2*-1. The van der Waals surface area contributed by atoms with Crippen molar-refractivity contribution in [3.05, 3.63) is 24.3 Å². The molecule has 0 aromatic heterocycles. The van der Waals surface area contributed by atoms with Gasteiger partial charge in [0.15, 0.2) is 0 Å². The Morgan fingerprint density at radius 3 is 2.33 bits per heavy atom. The molecule has 1 rings (SSSR count). The fourth-order valence-electron chi connectivity index (χ4n) is 0.340. The summed E-state index contributed by atoms with van der Waals surface area (Å²) in [6.45, 7) is 4.25. The summed E-state index contributed by atoms with van der Waals surface area (Å²) in [5, 5.41) is 0. The first kappa shape index (κ1) is 9.23. The monoisotopic (exact) mass is 199 g/mol. The zero-order chi connectivity index (χ0) is 7.11. The predicted molar refractivity (Wildman–Crippen MR) is 40.1 cm³/mol. The maximum atomic E-state index is 2.99. The minimum absolute atomic E-state index is 0. The molecule has 0 atom stereocenters. The van der Waals surface area contributed by atoms with Crippen LogP contribution in [0.1, 0.15) is 23.1 Å². The second-order valence-corrected chi connectivity index (χ2v) is 4.46. The maximum Gasteiger partial charge on any atom is -0.109 e. The molecule has 0 aromatic carbocycles. The van der Waals surface area contributed by atoms with E-state index in [1.165, 1.54) is 3.21 Å². The van der Waals surface area contributed by atoms with E-state index in [1.54, 1.807) is 24.2 Å². The Morgan fingerprint density at radius 2 is 2.22 bits per heavy atom. The Hall–Kier alpha value is 0.233. The Balaban J connectivity index is -0.000000101. The molecular formula is C8H13Zr-3. The number of hydrogen-bond acceptors (Lipinski definition) is 0. The van der Waals surface area contributed by atoms with Gasteiger partial charge in [0.25, 0.3) is 0 Å². The van der Waals surface area contributed by atoms with E-state index < -0.39 is 0 Å². The van der Waals surface area contributed by atoms with E-state index in [1.807, 2.05) is 12.2 Å². The molecule has 0 amide bonds. The van der Waals surface area contributed by atoms with Crippen LogP contribution < -0.4 is 0 Å². The van der Waals surface area contributed by atoms with Crippen molar-refractivity contribution in [1.82, 2.24) is 0 Å². The summed E-state index contributed by atoms with van der Waals surface area (Å²) in [5.41, 5.74) is 0. The first-order valence-electron chi connectivity index (χ1n) is 2.97. The minimum atomic E-state index is 0. The van der Waals surface area contributed by atoms with E-state index in [0.717, 1.165) is 6.42 Å². The summed E-state index contributed by atoms with van der Waals surface area (Å²) in [6.07, 6.45) is 10.0. The van der Waals surface area contributed by atoms with Crippen molar-refractivity contribution >= 4 is 3.21 Å². The van der Waals surface area contributed by atoms with E-state index in [9.17, 15) is 0 Å². The normalized spacial score (nSPS) is 12.6. The van der Waals surface area contributed by atoms with Crippen LogP contribution in [0.2, 0.25) is 0 Å². The van der Waals surface area contributed by atoms with Crippen molar-refractivity contribution in [2.75, 3.05) is 0 Å². The SMILES string of the molecule is C[C](C)=[Zr].[C-]1=CC=CC1.[H-].[H-]. The third-order valence-electron chi connectivity index (χ3n) is 0.586. The van der Waals surface area contributed by atoms with Gasteiger partial charge in [0.2, 0.25) is 0 Å². The summed E-state index contributed by atoms with van der Waals surface area (Å²) in [6, 6.07) is 0. The van der Waals surface area contributed by atoms with Crippen LogP contribution >= 0.6 is 0 Å². The van der Waals surface area contributed by atoms with Crippen molar-refractivity contribution in [2.45, 2.75) is 20.3 Å². The fourth-order valence-corrected chi connectivity index (χ4v) is 0.340. The summed E-state index contributed by atoms with van der Waals surface area (Å²) in [5.74, 6) is 0. The first-order chi connectivity index (χ1) is 4.23. The maximum absolute atomic E-state index is 2.99. The molecule has 1 aliphatic rings. The zero-order valence-electron chi connectivity index (χ0n) is 7.94. The van der Waals surface area contributed by atoms with E-state index in [0.29, 0.717) is 0 Å². The van der Waals surface area contributed by atoms with Gasteiger partial charge >= 0.3 is 41.3 Å². The molecule has 52 valence electrons. The van der Waals surface area contributed by atoms with E-state index in [4.69, 9.17) is 0 Å². The number of hydrogen-bond donors (Lipinski definition) is 0. The van der Waals surface area contributed by atoms with Crippen LogP contribution in [0.4, 0.5) is 0 Å². The second-order valence-electron chi connectivity index (χ2n) is 2.00. The van der Waals surface area contributed by atoms with Crippen molar-refractivity contribution in [2.24, 2.45) is 0 Å². The molecule has 0 aromatic rings. The molecule has 0 aliphatic heterocycles. The Labute approximate surface area is 74.9 Å². The Bertz CT molecular complexity index is 125. The molecule has 0 unspecified atom stereocenters. The third kappa shape index (κ3) is 11.7.